The number of terminal acetylenes is 1. The van der Waals surface area contributed by atoms with E-state index in [1.807, 2.05) is 18.2 Å². The lowest BCUT2D eigenvalue weighted by molar-refractivity contribution is -0.139. The standard InChI is InChI=1S/C28H23BrI2N2O6S/c1-6-8-39-25-18(30)9-15(10-19(25)31)11-22-26(34)33-24(16-12-20(36-4)21(37-5)13-17(16)29)23(27(35)38-7-2)14(3)32-28(33)40-22/h1,9-13,24H,7-8H2,2-5H3/b22-11-/t24-/m1/s1. The minimum atomic E-state index is -0.813. The van der Waals surface area contributed by atoms with Gasteiger partial charge in [0.2, 0.25) is 0 Å². The SMILES string of the molecule is C#CCOc1c(I)cc(/C=c2\sc3n(c2=O)[C@H](c2cc(OC)c(OC)cc2Br)C(C(=O)OCC)=C(C)N=3)cc1I. The first-order valence-electron chi connectivity index (χ1n) is 11.8. The van der Waals surface area contributed by atoms with Gasteiger partial charge in [0.25, 0.3) is 5.56 Å². The molecular formula is C28H23BrI2N2O6S. The Balaban J connectivity index is 1.96. The fourth-order valence-corrected chi connectivity index (χ4v) is 7.94. The van der Waals surface area contributed by atoms with E-state index in [4.69, 9.17) is 25.4 Å². The molecule has 0 amide bonds. The van der Waals surface area contributed by atoms with E-state index in [9.17, 15) is 9.59 Å². The Morgan fingerprint density at radius 3 is 2.45 bits per heavy atom. The Labute approximate surface area is 270 Å². The van der Waals surface area contributed by atoms with Crippen molar-refractivity contribution < 1.29 is 23.7 Å². The second-order valence-corrected chi connectivity index (χ2v) is 12.5. The Kier molecular flexibility index (Phi) is 10.0. The number of aromatic nitrogens is 1. The highest BCUT2D eigenvalue weighted by atomic mass is 127. The molecule has 0 spiro atoms. The third-order valence-corrected chi connectivity index (χ3v) is 9.20. The average Bonchev–Trinajstić information content (AvgIpc) is 3.21. The number of benzene rings is 2. The predicted octanol–water partition coefficient (Wildman–Crippen LogP) is 4.80. The molecule has 0 radical (unpaired) electrons. The van der Waals surface area contributed by atoms with E-state index in [2.05, 4.69) is 72.0 Å². The van der Waals surface area contributed by atoms with Gasteiger partial charge < -0.3 is 18.9 Å². The number of ether oxygens (including phenoxy) is 4. The largest absolute Gasteiger partial charge is 0.493 e. The minimum absolute atomic E-state index is 0.164. The molecule has 0 saturated carbocycles. The van der Waals surface area contributed by atoms with Gasteiger partial charge in [-0.05, 0) is 100 Å². The second kappa shape index (κ2) is 13.1. The van der Waals surface area contributed by atoms with Crippen molar-refractivity contribution in [2.45, 2.75) is 19.9 Å². The van der Waals surface area contributed by atoms with Gasteiger partial charge in [-0.2, -0.15) is 0 Å². The number of methoxy groups -OCH3 is 2. The lowest BCUT2D eigenvalue weighted by Gasteiger charge is -2.26. The van der Waals surface area contributed by atoms with E-state index in [1.165, 1.54) is 30.1 Å². The number of nitrogens with zero attached hydrogens (tertiary/aromatic N) is 2. The van der Waals surface area contributed by atoms with Crippen LogP contribution in [0.1, 0.15) is 31.0 Å². The molecule has 1 aromatic heterocycles. The molecule has 2 aromatic carbocycles. The van der Waals surface area contributed by atoms with Crippen LogP contribution >= 0.6 is 72.4 Å². The molecule has 3 aromatic rings. The third-order valence-electron chi connectivity index (χ3n) is 5.93. The summed E-state index contributed by atoms with van der Waals surface area (Å²) in [4.78, 5) is 32.3. The lowest BCUT2D eigenvalue weighted by atomic mass is 9.95. The number of thiazole rings is 1. The van der Waals surface area contributed by atoms with Crippen LogP contribution < -0.4 is 29.1 Å². The molecule has 1 atom stereocenters. The van der Waals surface area contributed by atoms with Gasteiger partial charge in [-0.25, -0.2) is 9.79 Å². The van der Waals surface area contributed by atoms with Crippen molar-refractivity contribution in [1.29, 1.82) is 0 Å². The summed E-state index contributed by atoms with van der Waals surface area (Å²) in [5.41, 5.74) is 1.89. The van der Waals surface area contributed by atoms with E-state index in [0.717, 1.165) is 12.7 Å². The number of hydrogen-bond donors (Lipinski definition) is 0. The molecule has 0 saturated heterocycles. The van der Waals surface area contributed by atoms with Crippen LogP contribution in [-0.4, -0.2) is 38.0 Å². The zero-order chi connectivity index (χ0) is 29.1. The summed E-state index contributed by atoms with van der Waals surface area (Å²) in [5.74, 6) is 3.59. The van der Waals surface area contributed by atoms with Crippen molar-refractivity contribution in [3.05, 3.63) is 78.0 Å². The predicted molar refractivity (Wildman–Crippen MR) is 174 cm³/mol. The van der Waals surface area contributed by atoms with Crippen molar-refractivity contribution in [3.8, 4) is 29.6 Å². The molecule has 1 aliphatic heterocycles. The third kappa shape index (κ3) is 5.97. The van der Waals surface area contributed by atoms with E-state index in [1.54, 1.807) is 26.0 Å². The lowest BCUT2D eigenvalue weighted by Crippen LogP contribution is -2.40. The number of fused-ring (bicyclic) bond motifs is 1. The van der Waals surface area contributed by atoms with Gasteiger partial charge in [0.05, 0.1) is 49.8 Å². The van der Waals surface area contributed by atoms with Crippen molar-refractivity contribution >= 4 is 84.5 Å². The molecule has 1 aliphatic rings. The normalized spacial score (nSPS) is 14.8. The summed E-state index contributed by atoms with van der Waals surface area (Å²) in [5, 5.41) is 0. The maximum Gasteiger partial charge on any atom is 0.338 e. The maximum absolute atomic E-state index is 14.0. The van der Waals surface area contributed by atoms with Crippen LogP contribution in [0.25, 0.3) is 6.08 Å². The molecule has 0 bridgehead atoms. The second-order valence-electron chi connectivity index (χ2n) is 8.34. The Morgan fingerprint density at radius 1 is 1.20 bits per heavy atom. The summed E-state index contributed by atoms with van der Waals surface area (Å²) in [6.07, 6.45) is 7.15. The molecule has 0 unspecified atom stereocenters. The van der Waals surface area contributed by atoms with Crippen LogP contribution in [0.15, 0.2) is 49.8 Å². The van der Waals surface area contributed by atoms with Crippen molar-refractivity contribution in [3.63, 3.8) is 0 Å². The van der Waals surface area contributed by atoms with Gasteiger partial charge >= 0.3 is 5.97 Å². The number of allylic oxidation sites excluding steroid dienone is 1. The monoisotopic (exact) mass is 848 g/mol. The molecule has 0 fully saturated rings. The quantitative estimate of drug-likeness (QED) is 0.184. The van der Waals surface area contributed by atoms with Crippen molar-refractivity contribution in [2.24, 2.45) is 4.99 Å². The first-order valence-corrected chi connectivity index (χ1v) is 15.6. The maximum atomic E-state index is 14.0. The molecule has 8 nitrogen and oxygen atoms in total. The minimum Gasteiger partial charge on any atom is -0.493 e. The van der Waals surface area contributed by atoms with Gasteiger partial charge in [0.15, 0.2) is 16.3 Å². The summed E-state index contributed by atoms with van der Waals surface area (Å²) >= 11 is 9.23. The zero-order valence-electron chi connectivity index (χ0n) is 21.8. The summed E-state index contributed by atoms with van der Waals surface area (Å²) in [6, 6.07) is 6.53. The summed E-state index contributed by atoms with van der Waals surface area (Å²) < 4.78 is 26.4. The van der Waals surface area contributed by atoms with Crippen LogP contribution in [0.4, 0.5) is 0 Å². The van der Waals surface area contributed by atoms with E-state index < -0.39 is 12.0 Å². The zero-order valence-corrected chi connectivity index (χ0v) is 28.6. The van der Waals surface area contributed by atoms with Crippen LogP contribution in [0.5, 0.6) is 17.2 Å². The van der Waals surface area contributed by atoms with Gasteiger partial charge in [-0.15, -0.1) is 6.42 Å². The molecule has 2 heterocycles. The molecule has 0 N–H and O–H groups in total. The highest BCUT2D eigenvalue weighted by Crippen LogP contribution is 2.40. The average molecular weight is 849 g/mol. The van der Waals surface area contributed by atoms with Gasteiger partial charge in [0, 0.05) is 4.47 Å². The summed E-state index contributed by atoms with van der Waals surface area (Å²) in [6.45, 7) is 3.82. The Bertz CT molecular complexity index is 1730. The number of rotatable bonds is 8. The fourth-order valence-electron chi connectivity index (χ4n) is 4.23. The van der Waals surface area contributed by atoms with Gasteiger partial charge in [-0.3, -0.25) is 9.36 Å². The molecule has 4 rings (SSSR count). The van der Waals surface area contributed by atoms with E-state index >= 15 is 0 Å². The van der Waals surface area contributed by atoms with E-state index in [-0.39, 0.29) is 24.3 Å². The number of esters is 1. The molecule has 12 heteroatoms. The first-order chi connectivity index (χ1) is 19.1. The van der Waals surface area contributed by atoms with Crippen LogP contribution in [0.3, 0.4) is 0 Å². The van der Waals surface area contributed by atoms with Gasteiger partial charge in [0.1, 0.15) is 12.4 Å². The molecule has 0 aliphatic carbocycles. The number of carbonyl (C=O) groups excluding carboxylic acids is 1. The fraction of sp³-hybridized carbons (Fsp3) is 0.250. The number of carbonyl (C=O) groups is 1. The molecular weight excluding hydrogens is 826 g/mol. The highest BCUT2D eigenvalue weighted by molar-refractivity contribution is 14.1. The Hall–Kier alpha value is -2.35. The van der Waals surface area contributed by atoms with E-state index in [0.29, 0.717) is 42.3 Å². The van der Waals surface area contributed by atoms with Crippen LogP contribution in [-0.2, 0) is 9.53 Å². The highest BCUT2D eigenvalue weighted by Gasteiger charge is 2.35. The van der Waals surface area contributed by atoms with Crippen molar-refractivity contribution in [1.82, 2.24) is 4.57 Å². The Morgan fingerprint density at radius 2 is 1.85 bits per heavy atom. The topological polar surface area (TPSA) is 88.3 Å². The summed E-state index contributed by atoms with van der Waals surface area (Å²) in [7, 11) is 3.07. The van der Waals surface area contributed by atoms with Crippen molar-refractivity contribution in [2.75, 3.05) is 27.4 Å². The van der Waals surface area contributed by atoms with Crippen LogP contribution in [0.2, 0.25) is 0 Å². The van der Waals surface area contributed by atoms with Gasteiger partial charge in [-0.1, -0.05) is 33.2 Å². The van der Waals surface area contributed by atoms with Crippen LogP contribution in [0, 0.1) is 19.5 Å². The number of hydrogen-bond acceptors (Lipinski definition) is 8. The molecule has 40 heavy (non-hydrogen) atoms. The molecule has 208 valence electrons. The number of halogens is 3. The smallest absolute Gasteiger partial charge is 0.338 e. The first kappa shape index (κ1) is 30.6.